The molecular formula is C29H44N2O. The third kappa shape index (κ3) is 8.22. The van der Waals surface area contributed by atoms with Crippen LogP contribution in [0.3, 0.4) is 0 Å². The molecule has 3 heteroatoms. The van der Waals surface area contributed by atoms with Gasteiger partial charge in [0.2, 0.25) is 0 Å². The van der Waals surface area contributed by atoms with Crippen molar-refractivity contribution in [1.29, 1.82) is 0 Å². The molecule has 0 spiro atoms. The average molecular weight is 437 g/mol. The second-order valence-electron chi connectivity index (χ2n) is 9.66. The Morgan fingerprint density at radius 2 is 1.50 bits per heavy atom. The molecule has 1 aromatic carbocycles. The molecule has 3 nitrogen and oxygen atoms in total. The molecule has 1 aromatic heterocycles. The van der Waals surface area contributed by atoms with Crippen LogP contribution < -0.4 is 4.74 Å². The van der Waals surface area contributed by atoms with E-state index >= 15 is 0 Å². The monoisotopic (exact) mass is 436 g/mol. The van der Waals surface area contributed by atoms with Crippen LogP contribution in [-0.2, 0) is 6.42 Å². The predicted molar refractivity (Wildman–Crippen MR) is 135 cm³/mol. The Kier molecular flexibility index (Phi) is 11.0. The van der Waals surface area contributed by atoms with E-state index < -0.39 is 0 Å². The molecule has 0 radical (unpaired) electrons. The van der Waals surface area contributed by atoms with Gasteiger partial charge in [-0.1, -0.05) is 78.1 Å². The molecule has 3 rings (SSSR count). The Morgan fingerprint density at radius 3 is 2.22 bits per heavy atom. The zero-order chi connectivity index (χ0) is 22.4. The molecule has 1 heterocycles. The summed E-state index contributed by atoms with van der Waals surface area (Å²) in [7, 11) is 0. The lowest BCUT2D eigenvalue weighted by atomic mass is 9.76. The van der Waals surface area contributed by atoms with Crippen LogP contribution in [0.25, 0.3) is 11.4 Å². The molecule has 176 valence electrons. The van der Waals surface area contributed by atoms with Gasteiger partial charge >= 0.3 is 0 Å². The van der Waals surface area contributed by atoms with Crippen LogP contribution in [0, 0.1) is 11.8 Å². The number of hydrogen-bond donors (Lipinski definition) is 0. The van der Waals surface area contributed by atoms with E-state index in [-0.39, 0.29) is 0 Å². The van der Waals surface area contributed by atoms with E-state index in [0.717, 1.165) is 48.4 Å². The van der Waals surface area contributed by atoms with E-state index in [2.05, 4.69) is 48.1 Å². The maximum atomic E-state index is 6.01. The van der Waals surface area contributed by atoms with Gasteiger partial charge in [-0.05, 0) is 67.3 Å². The summed E-state index contributed by atoms with van der Waals surface area (Å²) in [5, 5.41) is 0. The minimum atomic E-state index is 0.797. The summed E-state index contributed by atoms with van der Waals surface area (Å²) < 4.78 is 6.01. The fourth-order valence-corrected chi connectivity index (χ4v) is 5.18. The summed E-state index contributed by atoms with van der Waals surface area (Å²) in [5.74, 6) is 3.61. The van der Waals surface area contributed by atoms with Gasteiger partial charge in [-0.2, -0.15) is 0 Å². The van der Waals surface area contributed by atoms with Crippen LogP contribution in [-0.4, -0.2) is 16.6 Å². The quantitative estimate of drug-likeness (QED) is 0.279. The van der Waals surface area contributed by atoms with Crippen molar-refractivity contribution in [3.63, 3.8) is 0 Å². The normalized spacial score (nSPS) is 18.6. The summed E-state index contributed by atoms with van der Waals surface area (Å²) in [6.07, 6.45) is 22.5. The molecule has 0 saturated heterocycles. The summed E-state index contributed by atoms with van der Waals surface area (Å²) in [4.78, 5) is 9.19. The van der Waals surface area contributed by atoms with E-state index in [4.69, 9.17) is 4.74 Å². The molecule has 2 aromatic rings. The summed E-state index contributed by atoms with van der Waals surface area (Å²) >= 11 is 0. The van der Waals surface area contributed by atoms with Crippen molar-refractivity contribution in [3.05, 3.63) is 42.2 Å². The van der Waals surface area contributed by atoms with E-state index in [1.54, 1.807) is 0 Å². The van der Waals surface area contributed by atoms with Crippen LogP contribution in [0.4, 0.5) is 0 Å². The SMILES string of the molecule is CCCCCCCCc1cnc(-c2ccc(OCCCC3CCCCC3CC)cc2)nc1. The van der Waals surface area contributed by atoms with Crippen molar-refractivity contribution in [2.24, 2.45) is 11.8 Å². The number of unbranched alkanes of at least 4 members (excludes halogenated alkanes) is 5. The van der Waals surface area contributed by atoms with Crippen molar-refractivity contribution in [2.75, 3.05) is 6.61 Å². The zero-order valence-electron chi connectivity index (χ0n) is 20.5. The first-order chi connectivity index (χ1) is 15.8. The molecule has 0 N–H and O–H groups in total. The fraction of sp³-hybridized carbons (Fsp3) is 0.655. The highest BCUT2D eigenvalue weighted by Gasteiger charge is 2.22. The first kappa shape index (κ1) is 24.7. The predicted octanol–water partition coefficient (Wildman–Crippen LogP) is 8.42. The number of aryl methyl sites for hydroxylation is 1. The topological polar surface area (TPSA) is 35.0 Å². The maximum absolute atomic E-state index is 6.01. The standard InChI is InChI=1S/C29H44N2O/c1-3-5-6-7-8-9-13-24-22-30-29(31-23-24)27-17-19-28(20-18-27)32-21-12-16-26-15-11-10-14-25(26)4-2/h17-20,22-23,25-26H,3-16,21H2,1-2H3. The molecule has 2 atom stereocenters. The highest BCUT2D eigenvalue weighted by atomic mass is 16.5. The fourth-order valence-electron chi connectivity index (χ4n) is 5.18. The van der Waals surface area contributed by atoms with Gasteiger partial charge in [0.15, 0.2) is 5.82 Å². The molecule has 1 aliphatic rings. The van der Waals surface area contributed by atoms with Crippen LogP contribution in [0.2, 0.25) is 0 Å². The first-order valence-electron chi connectivity index (χ1n) is 13.3. The molecule has 2 unspecified atom stereocenters. The number of rotatable bonds is 14. The third-order valence-corrected chi connectivity index (χ3v) is 7.22. The smallest absolute Gasteiger partial charge is 0.159 e. The molecule has 1 aliphatic carbocycles. The minimum absolute atomic E-state index is 0.797. The minimum Gasteiger partial charge on any atom is -0.494 e. The second kappa shape index (κ2) is 14.3. The van der Waals surface area contributed by atoms with E-state index in [1.807, 2.05) is 12.4 Å². The number of benzene rings is 1. The first-order valence-corrected chi connectivity index (χ1v) is 13.3. The molecule has 0 bridgehead atoms. The van der Waals surface area contributed by atoms with Gasteiger partial charge in [0.25, 0.3) is 0 Å². The Balaban J connectivity index is 1.37. The van der Waals surface area contributed by atoms with Gasteiger partial charge in [0, 0.05) is 18.0 Å². The molecule has 1 fully saturated rings. The molecule has 1 saturated carbocycles. The van der Waals surface area contributed by atoms with Crippen molar-refractivity contribution >= 4 is 0 Å². The van der Waals surface area contributed by atoms with Crippen LogP contribution in [0.5, 0.6) is 5.75 Å². The Labute approximate surface area is 196 Å². The lowest BCUT2D eigenvalue weighted by Crippen LogP contribution is -2.19. The Morgan fingerprint density at radius 1 is 0.812 bits per heavy atom. The highest BCUT2D eigenvalue weighted by molar-refractivity contribution is 5.55. The summed E-state index contributed by atoms with van der Waals surface area (Å²) in [6, 6.07) is 8.26. The number of ether oxygens (including phenoxy) is 1. The molecule has 0 amide bonds. The Hall–Kier alpha value is -1.90. The van der Waals surface area contributed by atoms with Gasteiger partial charge in [-0.25, -0.2) is 9.97 Å². The van der Waals surface area contributed by atoms with Crippen LogP contribution in [0.1, 0.15) is 103 Å². The van der Waals surface area contributed by atoms with E-state index in [9.17, 15) is 0 Å². The third-order valence-electron chi connectivity index (χ3n) is 7.22. The Bertz CT molecular complexity index is 741. The van der Waals surface area contributed by atoms with Gasteiger partial charge in [-0.3, -0.25) is 0 Å². The van der Waals surface area contributed by atoms with Gasteiger partial charge < -0.3 is 4.74 Å². The number of aromatic nitrogens is 2. The second-order valence-corrected chi connectivity index (χ2v) is 9.66. The summed E-state index contributed by atoms with van der Waals surface area (Å²) in [5.41, 5.74) is 2.30. The zero-order valence-corrected chi connectivity index (χ0v) is 20.5. The molecule has 32 heavy (non-hydrogen) atoms. The van der Waals surface area contributed by atoms with Gasteiger partial charge in [0.05, 0.1) is 6.61 Å². The average Bonchev–Trinajstić information content (AvgIpc) is 2.85. The van der Waals surface area contributed by atoms with Gasteiger partial charge in [-0.15, -0.1) is 0 Å². The van der Waals surface area contributed by atoms with Crippen LogP contribution in [0.15, 0.2) is 36.7 Å². The lowest BCUT2D eigenvalue weighted by molar-refractivity contribution is 0.199. The lowest BCUT2D eigenvalue weighted by Gasteiger charge is -2.30. The summed E-state index contributed by atoms with van der Waals surface area (Å²) in [6.45, 7) is 5.43. The van der Waals surface area contributed by atoms with E-state index in [1.165, 1.54) is 82.6 Å². The highest BCUT2D eigenvalue weighted by Crippen LogP contribution is 2.35. The maximum Gasteiger partial charge on any atom is 0.159 e. The largest absolute Gasteiger partial charge is 0.494 e. The number of hydrogen-bond acceptors (Lipinski definition) is 3. The molecule has 0 aliphatic heterocycles. The van der Waals surface area contributed by atoms with Crippen molar-refractivity contribution in [1.82, 2.24) is 9.97 Å². The van der Waals surface area contributed by atoms with Crippen molar-refractivity contribution in [2.45, 2.75) is 104 Å². The van der Waals surface area contributed by atoms with Crippen LogP contribution >= 0.6 is 0 Å². The van der Waals surface area contributed by atoms with Gasteiger partial charge in [0.1, 0.15) is 5.75 Å². The number of nitrogens with zero attached hydrogens (tertiary/aromatic N) is 2. The van der Waals surface area contributed by atoms with Crippen molar-refractivity contribution in [3.8, 4) is 17.1 Å². The van der Waals surface area contributed by atoms with Crippen molar-refractivity contribution < 1.29 is 4.74 Å². The van der Waals surface area contributed by atoms with E-state index in [0.29, 0.717) is 0 Å². The molecular weight excluding hydrogens is 392 g/mol.